The summed E-state index contributed by atoms with van der Waals surface area (Å²) in [5.74, 6) is 0.923. The van der Waals surface area contributed by atoms with Gasteiger partial charge in [0.1, 0.15) is 0 Å². The summed E-state index contributed by atoms with van der Waals surface area (Å²) < 4.78 is 0. The molecule has 0 aromatic heterocycles. The Morgan fingerprint density at radius 3 is 2.65 bits per heavy atom. The van der Waals surface area contributed by atoms with Crippen LogP contribution in [0.5, 0.6) is 0 Å². The second-order valence-electron chi connectivity index (χ2n) is 9.33. The van der Waals surface area contributed by atoms with Gasteiger partial charge >= 0.3 is 0 Å². The van der Waals surface area contributed by atoms with E-state index in [-0.39, 0.29) is 5.91 Å². The minimum Gasteiger partial charge on any atom is -0.369 e. The standard InChI is InChI=1S/C26H40N4O/c1-2-6-23-7-5-8-25(21-23)30-19-17-29(18-20-30)16-14-22-10-12-24(13-11-22)28-26(31)9-3-4-15-27/h5,7-8,21-22,24H,2-4,6,9-14,16-20H2,1H3,(H,28,31)/t22-,24-. The number of piperazine rings is 1. The molecule has 2 fully saturated rings. The Kier molecular flexibility index (Phi) is 9.68. The maximum absolute atomic E-state index is 11.9. The number of nitrogens with zero attached hydrogens (tertiary/aromatic N) is 3. The van der Waals surface area contributed by atoms with Crippen LogP contribution in [-0.4, -0.2) is 49.6 Å². The van der Waals surface area contributed by atoms with Gasteiger partial charge in [-0.1, -0.05) is 25.5 Å². The Bertz CT molecular complexity index is 712. The van der Waals surface area contributed by atoms with Gasteiger partial charge in [0.15, 0.2) is 0 Å². The molecule has 1 amide bonds. The number of carbonyl (C=O) groups excluding carboxylic acids is 1. The molecular formula is C26H40N4O. The third kappa shape index (κ3) is 7.85. The number of rotatable bonds is 10. The van der Waals surface area contributed by atoms with Crippen molar-refractivity contribution < 1.29 is 4.79 Å². The fourth-order valence-corrected chi connectivity index (χ4v) is 5.02. The van der Waals surface area contributed by atoms with E-state index < -0.39 is 0 Å². The average Bonchev–Trinajstić information content (AvgIpc) is 2.80. The highest BCUT2D eigenvalue weighted by molar-refractivity contribution is 5.76. The van der Waals surface area contributed by atoms with Gasteiger partial charge in [0.2, 0.25) is 5.91 Å². The minimum absolute atomic E-state index is 0.122. The number of unbranched alkanes of at least 4 members (excludes halogenated alkanes) is 1. The molecule has 0 radical (unpaired) electrons. The molecule has 0 atom stereocenters. The summed E-state index contributed by atoms with van der Waals surface area (Å²) >= 11 is 0. The quantitative estimate of drug-likeness (QED) is 0.561. The van der Waals surface area contributed by atoms with E-state index in [1.807, 2.05) is 0 Å². The number of anilines is 1. The summed E-state index contributed by atoms with van der Waals surface area (Å²) in [4.78, 5) is 17.1. The summed E-state index contributed by atoms with van der Waals surface area (Å²) in [5, 5.41) is 11.8. The van der Waals surface area contributed by atoms with Crippen molar-refractivity contribution in [2.45, 2.75) is 77.2 Å². The molecule has 0 spiro atoms. The molecule has 5 nitrogen and oxygen atoms in total. The number of carbonyl (C=O) groups is 1. The molecule has 1 aromatic rings. The van der Waals surface area contributed by atoms with Crippen LogP contribution in [-0.2, 0) is 11.2 Å². The van der Waals surface area contributed by atoms with Crippen LogP contribution in [0.2, 0.25) is 0 Å². The average molecular weight is 425 g/mol. The molecule has 0 unspecified atom stereocenters. The summed E-state index contributed by atoms with van der Waals surface area (Å²) in [5.41, 5.74) is 2.84. The van der Waals surface area contributed by atoms with E-state index in [9.17, 15) is 4.79 Å². The predicted molar refractivity (Wildman–Crippen MR) is 127 cm³/mol. The molecule has 5 heteroatoms. The van der Waals surface area contributed by atoms with Crippen molar-refractivity contribution in [1.29, 1.82) is 5.26 Å². The van der Waals surface area contributed by atoms with E-state index in [2.05, 4.69) is 52.4 Å². The molecule has 1 N–H and O–H groups in total. The first-order valence-corrected chi connectivity index (χ1v) is 12.4. The van der Waals surface area contributed by atoms with Gasteiger partial charge in [-0.15, -0.1) is 0 Å². The third-order valence-corrected chi connectivity index (χ3v) is 6.94. The lowest BCUT2D eigenvalue weighted by atomic mass is 9.84. The summed E-state index contributed by atoms with van der Waals surface area (Å²) in [7, 11) is 0. The van der Waals surface area contributed by atoms with E-state index >= 15 is 0 Å². The Balaban J connectivity index is 1.30. The van der Waals surface area contributed by atoms with Crippen LogP contribution < -0.4 is 10.2 Å². The fraction of sp³-hybridized carbons (Fsp3) is 0.692. The second kappa shape index (κ2) is 12.7. The number of aryl methyl sites for hydroxylation is 1. The molecule has 1 saturated heterocycles. The molecule has 1 saturated carbocycles. The lowest BCUT2D eigenvalue weighted by Crippen LogP contribution is -2.47. The molecule has 1 aliphatic heterocycles. The summed E-state index contributed by atoms with van der Waals surface area (Å²) in [6.07, 6.45) is 9.97. The van der Waals surface area contributed by atoms with Crippen molar-refractivity contribution in [2.24, 2.45) is 5.92 Å². The Hall–Kier alpha value is -2.06. The van der Waals surface area contributed by atoms with Crippen LogP contribution in [0, 0.1) is 17.2 Å². The number of nitrogens with one attached hydrogen (secondary N) is 1. The second-order valence-corrected chi connectivity index (χ2v) is 9.33. The zero-order chi connectivity index (χ0) is 21.9. The predicted octanol–water partition coefficient (Wildman–Crippen LogP) is 4.52. The first kappa shape index (κ1) is 23.6. The SMILES string of the molecule is CCCc1cccc(N2CCN(CC[C@H]3CC[C@H](NC(=O)CCCC#N)CC3)CC2)c1. The number of amides is 1. The maximum atomic E-state index is 11.9. The van der Waals surface area contributed by atoms with Crippen LogP contribution in [0.15, 0.2) is 24.3 Å². The van der Waals surface area contributed by atoms with Crippen molar-refractivity contribution >= 4 is 11.6 Å². The molecule has 1 aliphatic carbocycles. The van der Waals surface area contributed by atoms with Crippen molar-refractivity contribution in [3.05, 3.63) is 29.8 Å². The lowest BCUT2D eigenvalue weighted by molar-refractivity contribution is -0.122. The number of nitriles is 1. The van der Waals surface area contributed by atoms with Crippen LogP contribution >= 0.6 is 0 Å². The monoisotopic (exact) mass is 424 g/mol. The van der Waals surface area contributed by atoms with Gasteiger partial charge in [-0.25, -0.2) is 0 Å². The highest BCUT2D eigenvalue weighted by Crippen LogP contribution is 2.27. The molecule has 31 heavy (non-hydrogen) atoms. The largest absolute Gasteiger partial charge is 0.369 e. The van der Waals surface area contributed by atoms with E-state index in [4.69, 9.17) is 5.26 Å². The molecule has 0 bridgehead atoms. The van der Waals surface area contributed by atoms with Crippen molar-refractivity contribution in [2.75, 3.05) is 37.6 Å². The van der Waals surface area contributed by atoms with Gasteiger partial charge in [0, 0.05) is 50.7 Å². The van der Waals surface area contributed by atoms with Crippen molar-refractivity contribution in [1.82, 2.24) is 10.2 Å². The first-order chi connectivity index (χ1) is 15.2. The third-order valence-electron chi connectivity index (χ3n) is 6.94. The number of hydrogen-bond donors (Lipinski definition) is 1. The Labute approximate surface area is 188 Å². The maximum Gasteiger partial charge on any atom is 0.220 e. The van der Waals surface area contributed by atoms with Crippen LogP contribution in [0.4, 0.5) is 5.69 Å². The Morgan fingerprint density at radius 1 is 1.16 bits per heavy atom. The molecule has 170 valence electrons. The van der Waals surface area contributed by atoms with Gasteiger partial charge in [0.25, 0.3) is 0 Å². The molecular weight excluding hydrogens is 384 g/mol. The van der Waals surface area contributed by atoms with E-state index in [1.54, 1.807) is 0 Å². The van der Waals surface area contributed by atoms with Crippen LogP contribution in [0.25, 0.3) is 0 Å². The van der Waals surface area contributed by atoms with Crippen LogP contribution in [0.3, 0.4) is 0 Å². The van der Waals surface area contributed by atoms with Crippen LogP contribution in [0.1, 0.15) is 70.3 Å². The highest BCUT2D eigenvalue weighted by Gasteiger charge is 2.24. The van der Waals surface area contributed by atoms with Gasteiger partial charge < -0.3 is 10.2 Å². The molecule has 1 aromatic carbocycles. The topological polar surface area (TPSA) is 59.4 Å². The zero-order valence-electron chi connectivity index (χ0n) is 19.3. The van der Waals surface area contributed by atoms with Gasteiger partial charge in [0.05, 0.1) is 6.07 Å². The zero-order valence-corrected chi connectivity index (χ0v) is 19.3. The van der Waals surface area contributed by atoms with E-state index in [0.717, 1.165) is 44.9 Å². The van der Waals surface area contributed by atoms with Crippen molar-refractivity contribution in [3.8, 4) is 6.07 Å². The normalized spacial score (nSPS) is 22.1. The van der Waals surface area contributed by atoms with Crippen molar-refractivity contribution in [3.63, 3.8) is 0 Å². The molecule has 1 heterocycles. The van der Waals surface area contributed by atoms with Gasteiger partial charge in [-0.2, -0.15) is 5.26 Å². The fourth-order valence-electron chi connectivity index (χ4n) is 5.02. The summed E-state index contributed by atoms with van der Waals surface area (Å²) in [6, 6.07) is 11.5. The van der Waals surface area contributed by atoms with Gasteiger partial charge in [-0.05, 0) is 75.1 Å². The first-order valence-electron chi connectivity index (χ1n) is 12.4. The van der Waals surface area contributed by atoms with E-state index in [0.29, 0.717) is 25.3 Å². The highest BCUT2D eigenvalue weighted by atomic mass is 16.1. The lowest BCUT2D eigenvalue weighted by Gasteiger charge is -2.37. The van der Waals surface area contributed by atoms with Gasteiger partial charge in [-0.3, -0.25) is 9.69 Å². The number of benzene rings is 1. The summed E-state index contributed by atoms with van der Waals surface area (Å²) in [6.45, 7) is 8.02. The smallest absolute Gasteiger partial charge is 0.220 e. The minimum atomic E-state index is 0.122. The molecule has 2 aliphatic rings. The van der Waals surface area contributed by atoms with E-state index in [1.165, 1.54) is 49.9 Å². The molecule has 3 rings (SSSR count). The Morgan fingerprint density at radius 2 is 1.94 bits per heavy atom. The number of hydrogen-bond acceptors (Lipinski definition) is 4.